The molecule has 2 aromatic rings. The van der Waals surface area contributed by atoms with Crippen molar-refractivity contribution in [2.24, 2.45) is 0 Å². The molecule has 1 amide bonds. The van der Waals surface area contributed by atoms with Crippen molar-refractivity contribution in [3.05, 3.63) is 69.7 Å². The summed E-state index contributed by atoms with van der Waals surface area (Å²) in [5.41, 5.74) is 1.59. The Kier molecular flexibility index (Phi) is 4.24. The highest BCUT2D eigenvalue weighted by atomic mass is 35.5. The molecule has 0 aliphatic carbocycles. The van der Waals surface area contributed by atoms with E-state index in [4.69, 9.17) is 23.2 Å². The van der Waals surface area contributed by atoms with Crippen molar-refractivity contribution in [2.75, 3.05) is 0 Å². The maximum absolute atomic E-state index is 11.8. The largest absolute Gasteiger partial charge is 0.348 e. The fourth-order valence-corrected chi connectivity index (χ4v) is 1.74. The van der Waals surface area contributed by atoms with Gasteiger partial charge in [0.05, 0.1) is 0 Å². The number of hydrogen-bond acceptors (Lipinski definition) is 1. The topological polar surface area (TPSA) is 29.1 Å². The van der Waals surface area contributed by atoms with Gasteiger partial charge in [0.25, 0.3) is 5.91 Å². The minimum Gasteiger partial charge on any atom is -0.348 e. The monoisotopic (exact) mass is 279 g/mol. The third-order valence-corrected chi connectivity index (χ3v) is 2.98. The minimum atomic E-state index is -0.124. The normalized spacial score (nSPS) is 10.1. The zero-order chi connectivity index (χ0) is 13.0. The van der Waals surface area contributed by atoms with Gasteiger partial charge in [-0.05, 0) is 42.0 Å². The van der Waals surface area contributed by atoms with Crippen LogP contribution in [0.1, 0.15) is 15.9 Å². The van der Waals surface area contributed by atoms with Crippen LogP contribution in [0.15, 0.2) is 48.5 Å². The average Bonchev–Trinajstić information content (AvgIpc) is 2.38. The van der Waals surface area contributed by atoms with E-state index in [2.05, 4.69) is 5.32 Å². The summed E-state index contributed by atoms with van der Waals surface area (Å²) in [5.74, 6) is -0.124. The Morgan fingerprint density at radius 1 is 0.889 bits per heavy atom. The molecule has 92 valence electrons. The van der Waals surface area contributed by atoms with Crippen LogP contribution < -0.4 is 5.32 Å². The van der Waals surface area contributed by atoms with E-state index in [0.717, 1.165) is 5.56 Å². The van der Waals surface area contributed by atoms with Gasteiger partial charge in [0.1, 0.15) is 0 Å². The van der Waals surface area contributed by atoms with E-state index >= 15 is 0 Å². The lowest BCUT2D eigenvalue weighted by atomic mass is 10.2. The lowest BCUT2D eigenvalue weighted by Gasteiger charge is -2.05. The molecule has 2 nitrogen and oxygen atoms in total. The summed E-state index contributed by atoms with van der Waals surface area (Å²) < 4.78 is 0. The number of nitrogens with one attached hydrogen (secondary N) is 1. The molecule has 0 fully saturated rings. The molecular formula is C14H11Cl2NO. The number of hydrogen-bond donors (Lipinski definition) is 1. The third-order valence-electron chi connectivity index (χ3n) is 2.47. The molecule has 0 unspecified atom stereocenters. The lowest BCUT2D eigenvalue weighted by Crippen LogP contribution is -2.22. The first-order chi connectivity index (χ1) is 8.65. The SMILES string of the molecule is O=C(NCc1ccc(Cl)cc1)c1ccc(Cl)cc1. The summed E-state index contributed by atoms with van der Waals surface area (Å²) in [6.45, 7) is 0.471. The highest BCUT2D eigenvalue weighted by Gasteiger charge is 2.04. The van der Waals surface area contributed by atoms with Gasteiger partial charge < -0.3 is 5.32 Å². The Labute approximate surface area is 116 Å². The first-order valence-electron chi connectivity index (χ1n) is 5.43. The molecule has 0 saturated heterocycles. The van der Waals surface area contributed by atoms with Gasteiger partial charge in [-0.3, -0.25) is 4.79 Å². The highest BCUT2D eigenvalue weighted by molar-refractivity contribution is 6.30. The number of carbonyl (C=O) groups is 1. The van der Waals surface area contributed by atoms with Crippen LogP contribution in [0.25, 0.3) is 0 Å². The minimum absolute atomic E-state index is 0.124. The fourth-order valence-electron chi connectivity index (χ4n) is 1.49. The fraction of sp³-hybridized carbons (Fsp3) is 0.0714. The molecule has 0 atom stereocenters. The summed E-state index contributed by atoms with van der Waals surface area (Å²) in [4.78, 5) is 11.8. The predicted molar refractivity (Wildman–Crippen MR) is 74.1 cm³/mol. The third kappa shape index (κ3) is 3.49. The van der Waals surface area contributed by atoms with Crippen molar-refractivity contribution in [1.29, 1.82) is 0 Å². The maximum atomic E-state index is 11.8. The van der Waals surface area contributed by atoms with E-state index in [0.29, 0.717) is 22.2 Å². The summed E-state index contributed by atoms with van der Waals surface area (Å²) in [6, 6.07) is 14.1. The Balaban J connectivity index is 1.96. The molecule has 0 saturated carbocycles. The van der Waals surface area contributed by atoms with Gasteiger partial charge in [-0.1, -0.05) is 35.3 Å². The second-order valence-corrected chi connectivity index (χ2v) is 4.69. The van der Waals surface area contributed by atoms with Crippen LogP contribution in [0.2, 0.25) is 10.0 Å². The number of amides is 1. The van der Waals surface area contributed by atoms with Gasteiger partial charge in [-0.15, -0.1) is 0 Å². The molecule has 0 spiro atoms. The van der Waals surface area contributed by atoms with Gasteiger partial charge in [0.2, 0.25) is 0 Å². The molecule has 2 rings (SSSR count). The number of benzene rings is 2. The highest BCUT2D eigenvalue weighted by Crippen LogP contribution is 2.11. The molecule has 0 aromatic heterocycles. The van der Waals surface area contributed by atoms with Gasteiger partial charge in [-0.2, -0.15) is 0 Å². The Morgan fingerprint density at radius 3 is 1.94 bits per heavy atom. The van der Waals surface area contributed by atoms with Crippen molar-refractivity contribution in [3.63, 3.8) is 0 Å². The van der Waals surface area contributed by atoms with Crippen molar-refractivity contribution < 1.29 is 4.79 Å². The first kappa shape index (κ1) is 12.9. The molecule has 18 heavy (non-hydrogen) atoms. The Bertz CT molecular complexity index is 535. The second kappa shape index (κ2) is 5.89. The first-order valence-corrected chi connectivity index (χ1v) is 6.19. The van der Waals surface area contributed by atoms with Crippen LogP contribution in [-0.4, -0.2) is 5.91 Å². The summed E-state index contributed by atoms with van der Waals surface area (Å²) in [6.07, 6.45) is 0. The molecule has 0 aliphatic rings. The molecule has 4 heteroatoms. The smallest absolute Gasteiger partial charge is 0.251 e. The molecule has 0 heterocycles. The average molecular weight is 280 g/mol. The van der Waals surface area contributed by atoms with Gasteiger partial charge in [0.15, 0.2) is 0 Å². The van der Waals surface area contributed by atoms with Crippen molar-refractivity contribution in [3.8, 4) is 0 Å². The number of halogens is 2. The van der Waals surface area contributed by atoms with E-state index in [1.54, 1.807) is 36.4 Å². The molecule has 0 radical (unpaired) electrons. The van der Waals surface area contributed by atoms with Crippen LogP contribution in [0.4, 0.5) is 0 Å². The van der Waals surface area contributed by atoms with Crippen molar-refractivity contribution >= 4 is 29.1 Å². The molecule has 2 aromatic carbocycles. The van der Waals surface area contributed by atoms with Gasteiger partial charge in [-0.25, -0.2) is 0 Å². The van der Waals surface area contributed by atoms with Crippen molar-refractivity contribution in [1.82, 2.24) is 5.32 Å². The standard InChI is InChI=1S/C14H11Cl2NO/c15-12-5-1-10(2-6-12)9-17-14(18)11-3-7-13(16)8-4-11/h1-8H,9H2,(H,17,18). The Morgan fingerprint density at radius 2 is 1.39 bits per heavy atom. The zero-order valence-corrected chi connectivity index (χ0v) is 11.0. The van der Waals surface area contributed by atoms with Crippen LogP contribution in [0, 0.1) is 0 Å². The second-order valence-electron chi connectivity index (χ2n) is 3.82. The van der Waals surface area contributed by atoms with E-state index in [-0.39, 0.29) is 5.91 Å². The molecule has 0 bridgehead atoms. The number of rotatable bonds is 3. The Hall–Kier alpha value is -1.51. The van der Waals surface area contributed by atoms with E-state index in [9.17, 15) is 4.79 Å². The summed E-state index contributed by atoms with van der Waals surface area (Å²) in [7, 11) is 0. The molecule has 0 aliphatic heterocycles. The van der Waals surface area contributed by atoms with Gasteiger partial charge in [0, 0.05) is 22.2 Å². The molecule has 1 N–H and O–H groups in total. The van der Waals surface area contributed by atoms with Gasteiger partial charge >= 0.3 is 0 Å². The quantitative estimate of drug-likeness (QED) is 0.907. The number of carbonyl (C=O) groups excluding carboxylic acids is 1. The van der Waals surface area contributed by atoms with Crippen LogP contribution in [0.3, 0.4) is 0 Å². The van der Waals surface area contributed by atoms with E-state index in [1.807, 2.05) is 12.1 Å². The predicted octanol–water partition coefficient (Wildman–Crippen LogP) is 3.92. The lowest BCUT2D eigenvalue weighted by molar-refractivity contribution is 0.0951. The van der Waals surface area contributed by atoms with E-state index in [1.165, 1.54) is 0 Å². The molecular weight excluding hydrogens is 269 g/mol. The summed E-state index contributed by atoms with van der Waals surface area (Å²) in [5, 5.41) is 4.13. The van der Waals surface area contributed by atoms with Crippen LogP contribution >= 0.6 is 23.2 Å². The van der Waals surface area contributed by atoms with E-state index < -0.39 is 0 Å². The van der Waals surface area contributed by atoms with Crippen molar-refractivity contribution in [2.45, 2.75) is 6.54 Å². The maximum Gasteiger partial charge on any atom is 0.251 e. The van der Waals surface area contributed by atoms with Crippen LogP contribution in [-0.2, 0) is 6.54 Å². The summed E-state index contributed by atoms with van der Waals surface area (Å²) >= 11 is 11.5. The zero-order valence-electron chi connectivity index (χ0n) is 9.49. The van der Waals surface area contributed by atoms with Crippen LogP contribution in [0.5, 0.6) is 0 Å².